The van der Waals surface area contributed by atoms with Gasteiger partial charge in [0.25, 0.3) is 0 Å². The van der Waals surface area contributed by atoms with Gasteiger partial charge in [0.05, 0.1) is 12.7 Å². The summed E-state index contributed by atoms with van der Waals surface area (Å²) in [5.74, 6) is 1.17. The molecule has 0 aromatic carbocycles. The number of rotatable bonds is 6. The minimum absolute atomic E-state index is 0.362. The highest BCUT2D eigenvalue weighted by molar-refractivity contribution is 7.98. The lowest BCUT2D eigenvalue weighted by Gasteiger charge is -2.36. The molecule has 1 aliphatic rings. The Hall–Kier alpha value is 0.230. The molecule has 3 nitrogen and oxygen atoms in total. The highest BCUT2D eigenvalue weighted by Crippen LogP contribution is 2.08. The second kappa shape index (κ2) is 7.54. The molecule has 0 aromatic rings. The van der Waals surface area contributed by atoms with Crippen molar-refractivity contribution in [3.8, 4) is 0 Å². The van der Waals surface area contributed by atoms with Gasteiger partial charge in [-0.2, -0.15) is 11.8 Å². The minimum Gasteiger partial charge on any atom is -0.374 e. The van der Waals surface area contributed by atoms with Crippen LogP contribution in [0.25, 0.3) is 0 Å². The first kappa shape index (κ1) is 14.3. The predicted octanol–water partition coefficient (Wildman–Crippen LogP) is 1.44. The molecule has 2 atom stereocenters. The van der Waals surface area contributed by atoms with E-state index in [1.54, 1.807) is 0 Å². The Bertz CT molecular complexity index is 190. The largest absolute Gasteiger partial charge is 0.374 e. The first-order valence-electron chi connectivity index (χ1n) is 6.21. The number of hydrogen-bond acceptors (Lipinski definition) is 4. The van der Waals surface area contributed by atoms with Crippen molar-refractivity contribution in [2.24, 2.45) is 0 Å². The molecule has 1 N–H and O–H groups in total. The molecule has 1 fully saturated rings. The van der Waals surface area contributed by atoms with E-state index in [4.69, 9.17) is 4.74 Å². The van der Waals surface area contributed by atoms with E-state index < -0.39 is 0 Å². The maximum atomic E-state index is 5.78. The van der Waals surface area contributed by atoms with Gasteiger partial charge in [0.1, 0.15) is 0 Å². The lowest BCUT2D eigenvalue weighted by Crippen LogP contribution is -2.50. The van der Waals surface area contributed by atoms with Gasteiger partial charge in [-0.05, 0) is 27.0 Å². The molecule has 16 heavy (non-hydrogen) atoms. The highest BCUT2D eigenvalue weighted by atomic mass is 32.2. The summed E-state index contributed by atoms with van der Waals surface area (Å²) < 4.78 is 5.78. The lowest BCUT2D eigenvalue weighted by atomic mass is 10.2. The van der Waals surface area contributed by atoms with Crippen LogP contribution in [0.2, 0.25) is 0 Å². The van der Waals surface area contributed by atoms with Crippen molar-refractivity contribution in [1.29, 1.82) is 0 Å². The molecule has 0 aliphatic carbocycles. The third kappa shape index (κ3) is 5.04. The smallest absolute Gasteiger partial charge is 0.0826 e. The topological polar surface area (TPSA) is 24.5 Å². The van der Waals surface area contributed by atoms with Gasteiger partial charge < -0.3 is 10.1 Å². The first-order valence-corrected chi connectivity index (χ1v) is 7.60. The Labute approximate surface area is 104 Å². The van der Waals surface area contributed by atoms with E-state index in [9.17, 15) is 0 Å². The summed E-state index contributed by atoms with van der Waals surface area (Å²) in [7, 11) is 0. The highest BCUT2D eigenvalue weighted by Gasteiger charge is 2.22. The van der Waals surface area contributed by atoms with Crippen LogP contribution in [0, 0.1) is 0 Å². The summed E-state index contributed by atoms with van der Waals surface area (Å²) in [5.41, 5.74) is 0. The number of nitrogens with zero attached hydrogens (tertiary/aromatic N) is 1. The van der Waals surface area contributed by atoms with Gasteiger partial charge in [0, 0.05) is 37.5 Å². The van der Waals surface area contributed by atoms with Crippen molar-refractivity contribution in [3.05, 3.63) is 0 Å². The van der Waals surface area contributed by atoms with Crippen molar-refractivity contribution >= 4 is 11.8 Å². The standard InChI is InChI=1S/C12H26N2OS/c1-10(2)14-5-6-15-12(8-14)7-13-11(3)9-16-4/h10-13H,5-9H2,1-4H3. The van der Waals surface area contributed by atoms with Crippen LogP contribution in [-0.2, 0) is 4.74 Å². The summed E-state index contributed by atoms with van der Waals surface area (Å²) in [6, 6.07) is 1.21. The quantitative estimate of drug-likeness (QED) is 0.766. The molecule has 0 amide bonds. The van der Waals surface area contributed by atoms with Gasteiger partial charge >= 0.3 is 0 Å². The molecule has 0 aromatic heterocycles. The van der Waals surface area contributed by atoms with Crippen LogP contribution in [0.5, 0.6) is 0 Å². The van der Waals surface area contributed by atoms with Crippen molar-refractivity contribution in [2.45, 2.75) is 39.0 Å². The van der Waals surface area contributed by atoms with E-state index in [1.807, 2.05) is 11.8 Å². The van der Waals surface area contributed by atoms with Crippen LogP contribution in [-0.4, -0.2) is 61.3 Å². The fourth-order valence-corrected chi connectivity index (χ4v) is 2.59. The second-order valence-electron chi connectivity index (χ2n) is 4.85. The molecule has 1 aliphatic heterocycles. The van der Waals surface area contributed by atoms with E-state index >= 15 is 0 Å². The number of thioether (sulfide) groups is 1. The van der Waals surface area contributed by atoms with Gasteiger partial charge in [-0.3, -0.25) is 4.90 Å². The van der Waals surface area contributed by atoms with Gasteiger partial charge in [0.15, 0.2) is 0 Å². The number of hydrogen-bond donors (Lipinski definition) is 1. The third-order valence-electron chi connectivity index (χ3n) is 3.01. The van der Waals surface area contributed by atoms with E-state index in [0.717, 1.165) is 26.2 Å². The predicted molar refractivity (Wildman–Crippen MR) is 72.3 cm³/mol. The molecular weight excluding hydrogens is 220 g/mol. The van der Waals surface area contributed by atoms with Crippen LogP contribution < -0.4 is 5.32 Å². The normalized spacial score (nSPS) is 24.9. The summed E-state index contributed by atoms with van der Waals surface area (Å²) in [5, 5.41) is 3.54. The Morgan fingerprint density at radius 2 is 2.19 bits per heavy atom. The molecule has 1 saturated heterocycles. The van der Waals surface area contributed by atoms with Gasteiger partial charge in [-0.1, -0.05) is 0 Å². The van der Waals surface area contributed by atoms with Gasteiger partial charge in [0.2, 0.25) is 0 Å². The zero-order chi connectivity index (χ0) is 12.0. The summed E-state index contributed by atoms with van der Waals surface area (Å²) in [4.78, 5) is 2.50. The van der Waals surface area contributed by atoms with Crippen molar-refractivity contribution in [2.75, 3.05) is 38.2 Å². The Kier molecular flexibility index (Phi) is 6.73. The fraction of sp³-hybridized carbons (Fsp3) is 1.00. The molecule has 2 unspecified atom stereocenters. The van der Waals surface area contributed by atoms with E-state index in [0.29, 0.717) is 18.2 Å². The Morgan fingerprint density at radius 1 is 1.44 bits per heavy atom. The lowest BCUT2D eigenvalue weighted by molar-refractivity contribution is -0.0377. The Balaban J connectivity index is 2.21. The van der Waals surface area contributed by atoms with Gasteiger partial charge in [-0.25, -0.2) is 0 Å². The summed E-state index contributed by atoms with van der Waals surface area (Å²) in [6.07, 6.45) is 2.51. The van der Waals surface area contributed by atoms with E-state index in [1.165, 1.54) is 5.75 Å². The van der Waals surface area contributed by atoms with Crippen LogP contribution in [0.1, 0.15) is 20.8 Å². The van der Waals surface area contributed by atoms with Crippen molar-refractivity contribution < 1.29 is 4.74 Å². The number of ether oxygens (including phenoxy) is 1. The molecule has 0 saturated carbocycles. The molecule has 0 bridgehead atoms. The van der Waals surface area contributed by atoms with Crippen LogP contribution in [0.3, 0.4) is 0 Å². The molecule has 4 heteroatoms. The average molecular weight is 246 g/mol. The molecule has 1 rings (SSSR count). The number of morpholine rings is 1. The maximum absolute atomic E-state index is 5.78. The molecule has 0 radical (unpaired) electrons. The monoisotopic (exact) mass is 246 g/mol. The molecule has 1 heterocycles. The molecular formula is C12H26N2OS. The van der Waals surface area contributed by atoms with Crippen molar-refractivity contribution in [1.82, 2.24) is 10.2 Å². The first-order chi connectivity index (χ1) is 7.63. The van der Waals surface area contributed by atoms with Crippen LogP contribution in [0.4, 0.5) is 0 Å². The zero-order valence-electron chi connectivity index (χ0n) is 11.0. The van der Waals surface area contributed by atoms with E-state index in [-0.39, 0.29) is 0 Å². The third-order valence-corrected chi connectivity index (χ3v) is 3.84. The fourth-order valence-electron chi connectivity index (χ4n) is 1.98. The average Bonchev–Trinajstić information content (AvgIpc) is 2.27. The summed E-state index contributed by atoms with van der Waals surface area (Å²) in [6.45, 7) is 10.7. The zero-order valence-corrected chi connectivity index (χ0v) is 11.8. The maximum Gasteiger partial charge on any atom is 0.0826 e. The van der Waals surface area contributed by atoms with E-state index in [2.05, 4.69) is 37.2 Å². The number of nitrogens with one attached hydrogen (secondary N) is 1. The molecule has 0 spiro atoms. The minimum atomic E-state index is 0.362. The van der Waals surface area contributed by atoms with Crippen molar-refractivity contribution in [3.63, 3.8) is 0 Å². The SMILES string of the molecule is CSCC(C)NCC1CN(C(C)C)CCO1. The van der Waals surface area contributed by atoms with Crippen LogP contribution >= 0.6 is 11.8 Å². The summed E-state index contributed by atoms with van der Waals surface area (Å²) >= 11 is 1.89. The Morgan fingerprint density at radius 3 is 2.81 bits per heavy atom. The second-order valence-corrected chi connectivity index (χ2v) is 5.76. The van der Waals surface area contributed by atoms with Crippen LogP contribution in [0.15, 0.2) is 0 Å². The molecule has 96 valence electrons. The van der Waals surface area contributed by atoms with Gasteiger partial charge in [-0.15, -0.1) is 0 Å².